The van der Waals surface area contributed by atoms with Crippen molar-refractivity contribution in [2.45, 2.75) is 6.92 Å². The summed E-state index contributed by atoms with van der Waals surface area (Å²) in [6.45, 7) is 1.91. The average Bonchev–Trinajstić information content (AvgIpc) is 2.17. The summed E-state index contributed by atoms with van der Waals surface area (Å²) in [5.74, 6) is 0.663. The maximum absolute atomic E-state index is 4.31. The van der Waals surface area contributed by atoms with Crippen LogP contribution < -0.4 is 4.90 Å². The van der Waals surface area contributed by atoms with Gasteiger partial charge in [0.1, 0.15) is 5.52 Å². The number of aromatic nitrogens is 4. The summed E-state index contributed by atoms with van der Waals surface area (Å²) in [6, 6.07) is 0. The van der Waals surface area contributed by atoms with E-state index < -0.39 is 0 Å². The molecular weight excluding hydrogens is 178 g/mol. The number of nitrogens with zero attached hydrogens (tertiary/aromatic N) is 5. The van der Waals surface area contributed by atoms with E-state index in [2.05, 4.69) is 19.9 Å². The number of anilines is 1. The predicted octanol–water partition coefficient (Wildman–Crippen LogP) is 0.794. The Morgan fingerprint density at radius 2 is 1.79 bits per heavy atom. The summed E-state index contributed by atoms with van der Waals surface area (Å²) in [5.41, 5.74) is 2.26. The minimum Gasteiger partial charge on any atom is -0.347 e. The van der Waals surface area contributed by atoms with E-state index in [9.17, 15) is 0 Å². The van der Waals surface area contributed by atoms with Gasteiger partial charge in [-0.3, -0.25) is 0 Å². The monoisotopic (exact) mass is 189 g/mol. The van der Waals surface area contributed by atoms with E-state index in [1.807, 2.05) is 25.9 Å². The van der Waals surface area contributed by atoms with Gasteiger partial charge in [0.2, 0.25) is 5.95 Å². The number of aryl methyl sites for hydroxylation is 1. The third-order valence-electron chi connectivity index (χ3n) is 1.90. The van der Waals surface area contributed by atoms with Gasteiger partial charge in [-0.25, -0.2) is 15.0 Å². The van der Waals surface area contributed by atoms with E-state index in [1.165, 1.54) is 0 Å². The van der Waals surface area contributed by atoms with Crippen LogP contribution >= 0.6 is 0 Å². The van der Waals surface area contributed by atoms with Gasteiger partial charge in [0.15, 0.2) is 5.65 Å². The largest absolute Gasteiger partial charge is 0.347 e. The Labute approximate surface area is 81.8 Å². The number of hydrogen-bond donors (Lipinski definition) is 0. The molecule has 14 heavy (non-hydrogen) atoms. The van der Waals surface area contributed by atoms with Crippen LogP contribution in [0.15, 0.2) is 12.4 Å². The maximum Gasteiger partial charge on any atom is 0.227 e. The molecule has 0 bridgehead atoms. The molecule has 0 atom stereocenters. The smallest absolute Gasteiger partial charge is 0.227 e. The third kappa shape index (κ3) is 1.37. The van der Waals surface area contributed by atoms with E-state index in [4.69, 9.17) is 0 Å². The highest BCUT2D eigenvalue weighted by molar-refractivity contribution is 5.72. The highest BCUT2D eigenvalue weighted by atomic mass is 15.2. The van der Waals surface area contributed by atoms with Gasteiger partial charge in [-0.2, -0.15) is 4.98 Å². The van der Waals surface area contributed by atoms with Gasteiger partial charge in [0, 0.05) is 26.5 Å². The normalized spacial score (nSPS) is 10.5. The van der Waals surface area contributed by atoms with Gasteiger partial charge in [0.05, 0.1) is 5.69 Å². The summed E-state index contributed by atoms with van der Waals surface area (Å²) >= 11 is 0. The topological polar surface area (TPSA) is 54.8 Å². The highest BCUT2D eigenvalue weighted by Crippen LogP contribution is 2.12. The van der Waals surface area contributed by atoms with Crippen molar-refractivity contribution in [2.75, 3.05) is 19.0 Å². The molecule has 0 amide bonds. The van der Waals surface area contributed by atoms with Crippen molar-refractivity contribution in [3.05, 3.63) is 18.1 Å². The molecule has 0 unspecified atom stereocenters. The first-order chi connectivity index (χ1) is 6.68. The van der Waals surface area contributed by atoms with Crippen LogP contribution in [0.4, 0.5) is 5.95 Å². The van der Waals surface area contributed by atoms with Crippen LogP contribution in [-0.4, -0.2) is 34.0 Å². The zero-order valence-electron chi connectivity index (χ0n) is 8.39. The first kappa shape index (κ1) is 8.80. The summed E-state index contributed by atoms with van der Waals surface area (Å²) in [7, 11) is 3.80. The van der Waals surface area contributed by atoms with Gasteiger partial charge in [-0.15, -0.1) is 0 Å². The summed E-state index contributed by atoms with van der Waals surface area (Å²) in [5, 5.41) is 0. The molecule has 5 heteroatoms. The zero-order valence-corrected chi connectivity index (χ0v) is 8.39. The lowest BCUT2D eigenvalue weighted by molar-refractivity contribution is 0.984. The molecule has 0 saturated heterocycles. The van der Waals surface area contributed by atoms with Gasteiger partial charge in [-0.05, 0) is 6.92 Å². The van der Waals surface area contributed by atoms with Gasteiger partial charge in [-0.1, -0.05) is 0 Å². The first-order valence-electron chi connectivity index (χ1n) is 4.31. The number of rotatable bonds is 1. The van der Waals surface area contributed by atoms with Gasteiger partial charge < -0.3 is 4.90 Å². The fourth-order valence-corrected chi connectivity index (χ4v) is 1.19. The maximum atomic E-state index is 4.31. The lowest BCUT2D eigenvalue weighted by atomic mass is 10.4. The van der Waals surface area contributed by atoms with E-state index in [0.29, 0.717) is 11.6 Å². The van der Waals surface area contributed by atoms with E-state index in [-0.39, 0.29) is 0 Å². The van der Waals surface area contributed by atoms with Crippen molar-refractivity contribution in [2.24, 2.45) is 0 Å². The van der Waals surface area contributed by atoms with E-state index in [1.54, 1.807) is 12.4 Å². The Bertz CT molecular complexity index is 466. The Balaban J connectivity index is 2.72. The van der Waals surface area contributed by atoms with Crippen LogP contribution in [0.3, 0.4) is 0 Å². The molecule has 2 heterocycles. The second-order valence-electron chi connectivity index (χ2n) is 3.23. The van der Waals surface area contributed by atoms with Crippen LogP contribution in [0.25, 0.3) is 11.2 Å². The molecular formula is C9H11N5. The van der Waals surface area contributed by atoms with Crippen LogP contribution in [0.1, 0.15) is 5.69 Å². The van der Waals surface area contributed by atoms with Crippen molar-refractivity contribution in [1.29, 1.82) is 0 Å². The van der Waals surface area contributed by atoms with Crippen molar-refractivity contribution < 1.29 is 0 Å². The van der Waals surface area contributed by atoms with Crippen molar-refractivity contribution >= 4 is 17.1 Å². The van der Waals surface area contributed by atoms with Crippen LogP contribution in [0.5, 0.6) is 0 Å². The van der Waals surface area contributed by atoms with Crippen LogP contribution in [-0.2, 0) is 0 Å². The first-order valence-corrected chi connectivity index (χ1v) is 4.31. The lowest BCUT2D eigenvalue weighted by Gasteiger charge is -2.10. The molecule has 2 rings (SSSR count). The SMILES string of the molecule is Cc1nc(N(C)C)nc2nccnc12. The minimum atomic E-state index is 0.642. The predicted molar refractivity (Wildman–Crippen MR) is 54.2 cm³/mol. The fraction of sp³-hybridized carbons (Fsp3) is 0.333. The van der Waals surface area contributed by atoms with Crippen molar-refractivity contribution in [1.82, 2.24) is 19.9 Å². The highest BCUT2D eigenvalue weighted by Gasteiger charge is 2.06. The molecule has 2 aromatic rings. The van der Waals surface area contributed by atoms with E-state index >= 15 is 0 Å². The molecule has 0 fully saturated rings. The summed E-state index contributed by atoms with van der Waals surface area (Å²) < 4.78 is 0. The van der Waals surface area contributed by atoms with Crippen molar-refractivity contribution in [3.63, 3.8) is 0 Å². The summed E-state index contributed by atoms with van der Waals surface area (Å²) in [6.07, 6.45) is 3.28. The lowest BCUT2D eigenvalue weighted by Crippen LogP contribution is -2.13. The standard InChI is InChI=1S/C9H11N5/c1-6-7-8(11-5-4-10-7)13-9(12-6)14(2)3/h4-5H,1-3H3. The molecule has 0 aromatic carbocycles. The quantitative estimate of drug-likeness (QED) is 0.664. The Kier molecular flexibility index (Phi) is 1.99. The third-order valence-corrected chi connectivity index (χ3v) is 1.90. The Hall–Kier alpha value is -1.78. The second-order valence-corrected chi connectivity index (χ2v) is 3.23. The average molecular weight is 189 g/mol. The molecule has 5 nitrogen and oxygen atoms in total. The minimum absolute atomic E-state index is 0.642. The molecule has 0 radical (unpaired) electrons. The molecule has 0 aliphatic heterocycles. The Morgan fingerprint density at radius 1 is 1.07 bits per heavy atom. The van der Waals surface area contributed by atoms with Crippen molar-refractivity contribution in [3.8, 4) is 0 Å². The molecule has 0 spiro atoms. The molecule has 72 valence electrons. The fourth-order valence-electron chi connectivity index (χ4n) is 1.19. The van der Waals surface area contributed by atoms with E-state index in [0.717, 1.165) is 11.2 Å². The van der Waals surface area contributed by atoms with Gasteiger partial charge >= 0.3 is 0 Å². The molecule has 0 saturated carbocycles. The second kappa shape index (κ2) is 3.17. The molecule has 0 N–H and O–H groups in total. The molecule has 2 aromatic heterocycles. The molecule has 0 aliphatic carbocycles. The van der Waals surface area contributed by atoms with Gasteiger partial charge in [0.25, 0.3) is 0 Å². The Morgan fingerprint density at radius 3 is 2.50 bits per heavy atom. The number of fused-ring (bicyclic) bond motifs is 1. The zero-order chi connectivity index (χ0) is 10.1. The van der Waals surface area contributed by atoms with Crippen LogP contribution in [0.2, 0.25) is 0 Å². The summed E-state index contributed by atoms with van der Waals surface area (Å²) in [4.78, 5) is 18.8. The van der Waals surface area contributed by atoms with Crippen LogP contribution in [0, 0.1) is 6.92 Å². The molecule has 0 aliphatic rings. The number of hydrogen-bond acceptors (Lipinski definition) is 5.